The van der Waals surface area contributed by atoms with Gasteiger partial charge in [-0.2, -0.15) is 0 Å². The van der Waals surface area contributed by atoms with Crippen molar-refractivity contribution in [3.05, 3.63) is 12.0 Å². The van der Waals surface area contributed by atoms with Crippen LogP contribution in [0.25, 0.3) is 0 Å². The van der Waals surface area contributed by atoms with Gasteiger partial charge >= 0.3 is 0 Å². The molecule has 0 aromatic carbocycles. The van der Waals surface area contributed by atoms with Gasteiger partial charge in [0.25, 0.3) is 5.91 Å². The number of hydrogen-bond acceptors (Lipinski definition) is 4. The number of nitrogens with zero attached hydrogens (tertiary/aromatic N) is 4. The third kappa shape index (κ3) is 2.76. The zero-order valence-corrected chi connectivity index (χ0v) is 8.77. The molecule has 0 bridgehead atoms. The highest BCUT2D eigenvalue weighted by molar-refractivity contribution is 5.94. The van der Waals surface area contributed by atoms with E-state index in [1.54, 1.807) is 5.01 Å². The molecule has 7 nitrogen and oxygen atoms in total. The molecule has 7 heteroatoms. The smallest absolute Gasteiger partial charge is 0.269 e. The van der Waals surface area contributed by atoms with Crippen LogP contribution in [0.15, 0.2) is 16.7 Å². The molecular formula is C8H14N6O. The van der Waals surface area contributed by atoms with Gasteiger partial charge in [-0.15, -0.1) is 5.11 Å². The second kappa shape index (κ2) is 5.08. The van der Waals surface area contributed by atoms with Crippen LogP contribution in [0.2, 0.25) is 0 Å². The van der Waals surface area contributed by atoms with E-state index in [9.17, 15) is 4.79 Å². The molecule has 0 atom stereocenters. The molecule has 82 valence electrons. The summed E-state index contributed by atoms with van der Waals surface area (Å²) in [7, 11) is 0. The van der Waals surface area contributed by atoms with E-state index in [2.05, 4.69) is 20.3 Å². The number of rotatable bonds is 5. The fourth-order valence-electron chi connectivity index (χ4n) is 1.000. The lowest BCUT2D eigenvalue weighted by molar-refractivity contribution is 0.0996. The van der Waals surface area contributed by atoms with Crippen molar-refractivity contribution in [1.29, 1.82) is 0 Å². The molecule has 0 aliphatic heterocycles. The highest BCUT2D eigenvalue weighted by Gasteiger charge is 2.10. The first kappa shape index (κ1) is 11.2. The van der Waals surface area contributed by atoms with Gasteiger partial charge in [0.1, 0.15) is 0 Å². The van der Waals surface area contributed by atoms with E-state index in [-0.39, 0.29) is 11.5 Å². The average molecular weight is 210 g/mol. The van der Waals surface area contributed by atoms with E-state index in [4.69, 9.17) is 5.73 Å². The molecule has 1 heterocycles. The maximum atomic E-state index is 10.9. The summed E-state index contributed by atoms with van der Waals surface area (Å²) in [6.07, 6.45) is 1.36. The molecule has 15 heavy (non-hydrogen) atoms. The van der Waals surface area contributed by atoms with E-state index >= 15 is 0 Å². The van der Waals surface area contributed by atoms with Gasteiger partial charge in [0.05, 0.1) is 6.33 Å². The molecule has 0 aliphatic rings. The summed E-state index contributed by atoms with van der Waals surface area (Å²) in [4.78, 5) is 17.3. The molecule has 1 aromatic rings. The van der Waals surface area contributed by atoms with Crippen LogP contribution in [0, 0.1) is 0 Å². The Morgan fingerprint density at radius 3 is 2.80 bits per heavy atom. The van der Waals surface area contributed by atoms with Gasteiger partial charge in [0.2, 0.25) is 5.82 Å². The van der Waals surface area contributed by atoms with Crippen molar-refractivity contribution in [2.45, 2.75) is 13.8 Å². The van der Waals surface area contributed by atoms with Gasteiger partial charge in [0.15, 0.2) is 5.69 Å². The number of imidazole rings is 1. The van der Waals surface area contributed by atoms with Crippen molar-refractivity contribution in [1.82, 2.24) is 15.0 Å². The predicted molar refractivity (Wildman–Crippen MR) is 54.5 cm³/mol. The zero-order chi connectivity index (χ0) is 11.3. The Hall–Kier alpha value is -1.92. The molecule has 3 N–H and O–H groups in total. The topological polar surface area (TPSA) is 99.7 Å². The molecule has 1 amide bonds. The summed E-state index contributed by atoms with van der Waals surface area (Å²) >= 11 is 0. The maximum Gasteiger partial charge on any atom is 0.269 e. The SMILES string of the molecule is CCN(CC)/N=N/c1nc[nH]c1C(N)=O. The minimum Gasteiger partial charge on any atom is -0.364 e. The van der Waals surface area contributed by atoms with Crippen molar-refractivity contribution in [2.75, 3.05) is 13.1 Å². The Labute approximate surface area is 87.4 Å². The summed E-state index contributed by atoms with van der Waals surface area (Å²) < 4.78 is 0. The average Bonchev–Trinajstić information content (AvgIpc) is 2.67. The fraction of sp³-hybridized carbons (Fsp3) is 0.500. The van der Waals surface area contributed by atoms with Crippen LogP contribution in [0.4, 0.5) is 5.82 Å². The van der Waals surface area contributed by atoms with Crippen LogP contribution < -0.4 is 5.73 Å². The van der Waals surface area contributed by atoms with E-state index in [1.165, 1.54) is 6.33 Å². The van der Waals surface area contributed by atoms with E-state index in [0.717, 1.165) is 13.1 Å². The van der Waals surface area contributed by atoms with Gasteiger partial charge in [-0.1, -0.05) is 5.22 Å². The number of H-pyrrole nitrogens is 1. The largest absolute Gasteiger partial charge is 0.364 e. The number of hydrogen-bond donors (Lipinski definition) is 2. The minimum atomic E-state index is -0.596. The summed E-state index contributed by atoms with van der Waals surface area (Å²) in [6.45, 7) is 5.41. The molecule has 0 fully saturated rings. The van der Waals surface area contributed by atoms with Crippen LogP contribution >= 0.6 is 0 Å². The number of carbonyl (C=O) groups excluding carboxylic acids is 1. The lowest BCUT2D eigenvalue weighted by Crippen LogP contribution is -2.15. The Morgan fingerprint density at radius 1 is 1.60 bits per heavy atom. The van der Waals surface area contributed by atoms with E-state index < -0.39 is 5.91 Å². The molecule has 0 unspecified atom stereocenters. The van der Waals surface area contributed by atoms with Crippen LogP contribution in [-0.4, -0.2) is 34.0 Å². The highest BCUT2D eigenvalue weighted by atomic mass is 16.1. The van der Waals surface area contributed by atoms with Crippen LogP contribution in [0.1, 0.15) is 24.3 Å². The Kier molecular flexibility index (Phi) is 3.78. The van der Waals surface area contributed by atoms with Gasteiger partial charge in [0, 0.05) is 13.1 Å². The lowest BCUT2D eigenvalue weighted by Gasteiger charge is -2.10. The Morgan fingerprint density at radius 2 is 2.27 bits per heavy atom. The third-order valence-electron chi connectivity index (χ3n) is 1.86. The summed E-state index contributed by atoms with van der Waals surface area (Å²) in [6, 6.07) is 0. The van der Waals surface area contributed by atoms with Crippen molar-refractivity contribution in [2.24, 2.45) is 16.1 Å². The number of nitrogens with one attached hydrogen (secondary N) is 1. The zero-order valence-electron chi connectivity index (χ0n) is 8.77. The molecule has 0 saturated heterocycles. The molecule has 0 aliphatic carbocycles. The molecular weight excluding hydrogens is 196 g/mol. The second-order valence-corrected chi connectivity index (χ2v) is 2.79. The summed E-state index contributed by atoms with van der Waals surface area (Å²) in [5, 5.41) is 9.49. The highest BCUT2D eigenvalue weighted by Crippen LogP contribution is 2.13. The standard InChI is InChI=1S/C8H14N6O/c1-3-14(4-2)13-12-8-6(7(9)15)10-5-11-8/h5H,3-4H2,1-2H3,(H2,9,15)(H,10,11)/b13-12+. The number of carbonyl (C=O) groups is 1. The quantitative estimate of drug-likeness (QED) is 0.556. The maximum absolute atomic E-state index is 10.9. The first-order chi connectivity index (χ1) is 7.19. The first-order valence-electron chi connectivity index (χ1n) is 4.68. The number of primary amides is 1. The Bertz CT molecular complexity index is 354. The Balaban J connectivity index is 2.79. The molecule has 1 aromatic heterocycles. The number of amides is 1. The summed E-state index contributed by atoms with van der Waals surface area (Å²) in [5.74, 6) is -0.379. The fourth-order valence-corrected chi connectivity index (χ4v) is 1.000. The van der Waals surface area contributed by atoms with Gasteiger partial charge < -0.3 is 10.7 Å². The number of aromatic nitrogens is 2. The number of aromatic amines is 1. The van der Waals surface area contributed by atoms with Crippen LogP contribution in [0.3, 0.4) is 0 Å². The van der Waals surface area contributed by atoms with Crippen molar-refractivity contribution >= 4 is 11.7 Å². The lowest BCUT2D eigenvalue weighted by atomic mass is 10.4. The van der Waals surface area contributed by atoms with Crippen molar-refractivity contribution in [3.63, 3.8) is 0 Å². The van der Waals surface area contributed by atoms with E-state index in [1.807, 2.05) is 13.8 Å². The van der Waals surface area contributed by atoms with Crippen molar-refractivity contribution < 1.29 is 4.79 Å². The van der Waals surface area contributed by atoms with E-state index in [0.29, 0.717) is 0 Å². The summed E-state index contributed by atoms with van der Waals surface area (Å²) in [5.41, 5.74) is 5.28. The van der Waals surface area contributed by atoms with Crippen LogP contribution in [0.5, 0.6) is 0 Å². The third-order valence-corrected chi connectivity index (χ3v) is 1.86. The first-order valence-corrected chi connectivity index (χ1v) is 4.68. The van der Waals surface area contributed by atoms with Gasteiger partial charge in [-0.3, -0.25) is 9.80 Å². The molecule has 1 rings (SSSR count). The minimum absolute atomic E-state index is 0.172. The molecule has 0 radical (unpaired) electrons. The van der Waals surface area contributed by atoms with Gasteiger partial charge in [-0.05, 0) is 13.8 Å². The second-order valence-electron chi connectivity index (χ2n) is 2.79. The normalized spacial score (nSPS) is 10.8. The van der Waals surface area contributed by atoms with Crippen LogP contribution in [-0.2, 0) is 0 Å². The monoisotopic (exact) mass is 210 g/mol. The number of nitrogens with two attached hydrogens (primary N) is 1. The molecule has 0 saturated carbocycles. The predicted octanol–water partition coefficient (Wildman–Crippen LogP) is 0.849. The van der Waals surface area contributed by atoms with Crippen molar-refractivity contribution in [3.8, 4) is 0 Å². The molecule has 0 spiro atoms. The van der Waals surface area contributed by atoms with Gasteiger partial charge in [-0.25, -0.2) is 4.98 Å².